The Labute approximate surface area is 169 Å². The molecule has 0 spiro atoms. The minimum Gasteiger partial charge on any atom is -0.363 e. The molecule has 0 aliphatic carbocycles. The average molecular weight is 428 g/mol. The summed E-state index contributed by atoms with van der Waals surface area (Å²) >= 11 is 0. The first-order chi connectivity index (χ1) is 13.7. The van der Waals surface area contributed by atoms with Crippen LogP contribution in [0.5, 0.6) is 0 Å². The van der Waals surface area contributed by atoms with E-state index in [2.05, 4.69) is 10.4 Å². The van der Waals surface area contributed by atoms with Crippen molar-refractivity contribution in [1.82, 2.24) is 9.61 Å². The zero-order valence-electron chi connectivity index (χ0n) is 16.2. The van der Waals surface area contributed by atoms with E-state index in [0.717, 1.165) is 32.4 Å². The number of hydrogen-bond acceptors (Lipinski definition) is 7. The van der Waals surface area contributed by atoms with Gasteiger partial charge in [-0.05, 0) is 31.4 Å². The summed E-state index contributed by atoms with van der Waals surface area (Å²) in [7, 11) is -4.53. The standard InChI is InChI=1S/C17H25N5O6S/c1-14(28-29(25,26)27)22(11-5-2-6-12-22)13-7-9-18-17-16(21(23)24)15-8-3-4-10-20(15)19-17/h3-4,8,10,14H,2,5-7,9,11-13H2,1H3,(H-,18,19,25,26,27)/p+1. The van der Waals surface area contributed by atoms with Gasteiger partial charge in [0, 0.05) is 26.1 Å². The van der Waals surface area contributed by atoms with Gasteiger partial charge < -0.3 is 5.32 Å². The maximum atomic E-state index is 11.5. The van der Waals surface area contributed by atoms with Crippen molar-refractivity contribution in [1.29, 1.82) is 0 Å². The minimum absolute atomic E-state index is 0.0736. The van der Waals surface area contributed by atoms with Gasteiger partial charge in [0.2, 0.25) is 12.0 Å². The minimum atomic E-state index is -4.53. The lowest BCUT2D eigenvalue weighted by Gasteiger charge is -2.44. The Balaban J connectivity index is 1.67. The van der Waals surface area contributed by atoms with Crippen LogP contribution in [0.3, 0.4) is 0 Å². The molecular weight excluding hydrogens is 402 g/mol. The van der Waals surface area contributed by atoms with Gasteiger partial charge in [-0.25, -0.2) is 4.52 Å². The second-order valence-corrected chi connectivity index (χ2v) is 8.39. The van der Waals surface area contributed by atoms with Crippen LogP contribution in [0.2, 0.25) is 0 Å². The number of hydrogen-bond donors (Lipinski definition) is 2. The van der Waals surface area contributed by atoms with E-state index in [4.69, 9.17) is 8.74 Å². The van der Waals surface area contributed by atoms with Crippen molar-refractivity contribution in [3.8, 4) is 0 Å². The highest BCUT2D eigenvalue weighted by atomic mass is 32.3. The van der Waals surface area contributed by atoms with Crippen molar-refractivity contribution in [3.63, 3.8) is 0 Å². The van der Waals surface area contributed by atoms with Gasteiger partial charge >= 0.3 is 16.1 Å². The van der Waals surface area contributed by atoms with Crippen LogP contribution in [-0.2, 0) is 14.6 Å². The van der Waals surface area contributed by atoms with Crippen LogP contribution < -0.4 is 5.32 Å². The Morgan fingerprint density at radius 3 is 2.76 bits per heavy atom. The second kappa shape index (κ2) is 8.61. The number of nitrogens with one attached hydrogen (secondary N) is 1. The van der Waals surface area contributed by atoms with Gasteiger partial charge in [0.05, 0.1) is 24.6 Å². The van der Waals surface area contributed by atoms with E-state index in [1.54, 1.807) is 31.3 Å². The van der Waals surface area contributed by atoms with Crippen molar-refractivity contribution in [2.24, 2.45) is 0 Å². The molecule has 11 nitrogen and oxygen atoms in total. The van der Waals surface area contributed by atoms with Crippen LogP contribution in [0.25, 0.3) is 5.52 Å². The molecule has 1 aliphatic rings. The van der Waals surface area contributed by atoms with Gasteiger partial charge in [0.25, 0.3) is 0 Å². The Hall–Kier alpha value is -2.28. The van der Waals surface area contributed by atoms with Crippen molar-refractivity contribution in [2.75, 3.05) is 31.5 Å². The Kier molecular flexibility index (Phi) is 6.36. The summed E-state index contributed by atoms with van der Waals surface area (Å²) in [6.45, 7) is 4.21. The van der Waals surface area contributed by atoms with Gasteiger partial charge in [0.1, 0.15) is 5.52 Å². The maximum absolute atomic E-state index is 11.5. The molecular formula is C17H26N5O6S+. The lowest BCUT2D eigenvalue weighted by molar-refractivity contribution is -0.970. The summed E-state index contributed by atoms with van der Waals surface area (Å²) in [5, 5.41) is 18.7. The number of nitro groups is 1. The molecule has 2 aromatic rings. The monoisotopic (exact) mass is 428 g/mol. The molecule has 0 aromatic carbocycles. The fourth-order valence-corrected chi connectivity index (χ4v) is 4.60. The van der Waals surface area contributed by atoms with Gasteiger partial charge in [-0.2, -0.15) is 12.6 Å². The number of aromatic nitrogens is 2. The lowest BCUT2D eigenvalue weighted by Crippen LogP contribution is -2.59. The second-order valence-electron chi connectivity index (χ2n) is 7.34. The third-order valence-electron chi connectivity index (χ3n) is 5.51. The first-order valence-corrected chi connectivity index (χ1v) is 11.0. The highest BCUT2D eigenvalue weighted by molar-refractivity contribution is 7.80. The summed E-state index contributed by atoms with van der Waals surface area (Å²) in [6, 6.07) is 5.10. The van der Waals surface area contributed by atoms with E-state index in [9.17, 15) is 18.5 Å². The predicted molar refractivity (Wildman–Crippen MR) is 106 cm³/mol. The molecule has 3 heterocycles. The largest absolute Gasteiger partial charge is 0.402 e. The molecule has 0 bridgehead atoms. The summed E-state index contributed by atoms with van der Waals surface area (Å²) in [5.74, 6) is 0.202. The molecule has 1 unspecified atom stereocenters. The molecule has 1 atom stereocenters. The first kappa shape index (κ1) is 21.4. The number of nitrogens with zero attached hydrogens (tertiary/aromatic N) is 4. The quantitative estimate of drug-likeness (QED) is 0.204. The molecule has 3 rings (SSSR count). The summed E-state index contributed by atoms with van der Waals surface area (Å²) in [4.78, 5) is 11.0. The van der Waals surface area contributed by atoms with Crippen molar-refractivity contribution in [2.45, 2.75) is 38.8 Å². The fourth-order valence-electron chi connectivity index (χ4n) is 4.06. The SMILES string of the molecule is CC(OS(=O)(=O)O)[N+]1(CCCNc2nn3ccccc3c2[N+](=O)[O-])CCCCC1. The van der Waals surface area contributed by atoms with E-state index in [1.165, 1.54) is 4.52 Å². The smallest absolute Gasteiger partial charge is 0.363 e. The summed E-state index contributed by atoms with van der Waals surface area (Å²) in [6.07, 6.45) is 4.55. The third-order valence-corrected chi connectivity index (χ3v) is 6.03. The molecule has 0 saturated carbocycles. The van der Waals surface area contributed by atoms with Crippen LogP contribution in [0.1, 0.15) is 32.6 Å². The molecule has 1 aliphatic heterocycles. The third kappa shape index (κ3) is 5.01. The first-order valence-electron chi connectivity index (χ1n) is 9.59. The Morgan fingerprint density at radius 1 is 1.38 bits per heavy atom. The van der Waals surface area contributed by atoms with E-state index in [1.807, 2.05) is 0 Å². The highest BCUT2D eigenvalue weighted by Crippen LogP contribution is 2.29. The normalized spacial score (nSPS) is 17.9. The predicted octanol–water partition coefficient (Wildman–Crippen LogP) is 2.21. The van der Waals surface area contributed by atoms with E-state index in [0.29, 0.717) is 29.5 Å². The van der Waals surface area contributed by atoms with Gasteiger partial charge in [0.15, 0.2) is 0 Å². The molecule has 0 radical (unpaired) electrons. The van der Waals surface area contributed by atoms with E-state index in [-0.39, 0.29) is 11.5 Å². The van der Waals surface area contributed by atoms with Crippen LogP contribution in [0.15, 0.2) is 24.4 Å². The molecule has 1 fully saturated rings. The molecule has 12 heteroatoms. The number of likely N-dealkylation sites (tertiary alicyclic amines) is 1. The van der Waals surface area contributed by atoms with E-state index < -0.39 is 21.6 Å². The van der Waals surface area contributed by atoms with Crippen molar-refractivity contribution < 1.29 is 26.6 Å². The van der Waals surface area contributed by atoms with Crippen LogP contribution in [0, 0.1) is 10.1 Å². The molecule has 0 amide bonds. The molecule has 29 heavy (non-hydrogen) atoms. The van der Waals surface area contributed by atoms with Crippen LogP contribution in [0.4, 0.5) is 11.5 Å². The number of quaternary nitrogens is 1. The topological polar surface area (TPSA) is 136 Å². The summed E-state index contributed by atoms with van der Waals surface area (Å²) in [5.41, 5.74) is 0.338. The van der Waals surface area contributed by atoms with Gasteiger partial charge in [-0.1, -0.05) is 6.07 Å². The molecule has 2 aromatic heterocycles. The zero-order chi connectivity index (χ0) is 21.1. The Morgan fingerprint density at radius 2 is 2.10 bits per heavy atom. The summed E-state index contributed by atoms with van der Waals surface area (Å²) < 4.78 is 38.1. The van der Waals surface area contributed by atoms with Crippen LogP contribution in [-0.4, -0.2) is 64.4 Å². The van der Waals surface area contributed by atoms with Gasteiger partial charge in [-0.15, -0.1) is 5.10 Å². The van der Waals surface area contributed by atoms with Crippen LogP contribution >= 0.6 is 0 Å². The number of piperidine rings is 1. The fraction of sp³-hybridized carbons (Fsp3) is 0.588. The lowest BCUT2D eigenvalue weighted by atomic mass is 10.1. The van der Waals surface area contributed by atoms with Crippen molar-refractivity contribution in [3.05, 3.63) is 34.5 Å². The zero-order valence-corrected chi connectivity index (χ0v) is 17.0. The number of pyridine rings is 1. The highest BCUT2D eigenvalue weighted by Gasteiger charge is 2.38. The van der Waals surface area contributed by atoms with Crippen molar-refractivity contribution >= 4 is 27.4 Å². The maximum Gasteiger partial charge on any atom is 0.402 e. The average Bonchev–Trinajstić information content (AvgIpc) is 3.03. The van der Waals surface area contributed by atoms with E-state index >= 15 is 0 Å². The number of rotatable bonds is 9. The number of anilines is 1. The number of fused-ring (bicyclic) bond motifs is 1. The van der Waals surface area contributed by atoms with Gasteiger partial charge in [-0.3, -0.25) is 19.2 Å². The Bertz CT molecular complexity index is 970. The molecule has 1 saturated heterocycles. The molecule has 160 valence electrons. The molecule has 2 N–H and O–H groups in total.